The maximum Gasteiger partial charge on any atom is 0.261 e. The lowest BCUT2D eigenvalue weighted by Gasteiger charge is -2.07. The van der Waals surface area contributed by atoms with Crippen LogP contribution in [0.5, 0.6) is 5.75 Å². The van der Waals surface area contributed by atoms with Crippen molar-refractivity contribution in [3.05, 3.63) is 75.4 Å². The number of para-hydroxylation sites is 2. The molecule has 0 fully saturated rings. The fourth-order valence-corrected chi connectivity index (χ4v) is 3.79. The van der Waals surface area contributed by atoms with Gasteiger partial charge in [-0.15, -0.1) is 0 Å². The highest BCUT2D eigenvalue weighted by Gasteiger charge is 2.13. The SMILES string of the molecule is CCOc1ccc(CNC(=O)c2cc(=O)n3c(nc4ccccc43)s2)cc1. The Hall–Kier alpha value is -3.19. The van der Waals surface area contributed by atoms with E-state index < -0.39 is 0 Å². The molecular formula is C20H17N3O3S. The van der Waals surface area contributed by atoms with Gasteiger partial charge in [-0.3, -0.25) is 14.0 Å². The van der Waals surface area contributed by atoms with Gasteiger partial charge >= 0.3 is 0 Å². The van der Waals surface area contributed by atoms with Crippen molar-refractivity contribution in [1.29, 1.82) is 0 Å². The van der Waals surface area contributed by atoms with Crippen LogP contribution in [-0.2, 0) is 6.54 Å². The van der Waals surface area contributed by atoms with E-state index in [9.17, 15) is 9.59 Å². The summed E-state index contributed by atoms with van der Waals surface area (Å²) in [6.07, 6.45) is 0. The van der Waals surface area contributed by atoms with Crippen molar-refractivity contribution in [3.63, 3.8) is 0 Å². The number of carbonyl (C=O) groups excluding carboxylic acids is 1. The Balaban J connectivity index is 1.55. The highest BCUT2D eigenvalue weighted by molar-refractivity contribution is 7.18. The normalized spacial score (nSPS) is 11.0. The number of rotatable bonds is 5. The maximum atomic E-state index is 12.5. The minimum absolute atomic E-state index is 0.260. The Morgan fingerprint density at radius 1 is 1.19 bits per heavy atom. The van der Waals surface area contributed by atoms with Gasteiger partial charge in [0.2, 0.25) is 0 Å². The number of amides is 1. The lowest BCUT2D eigenvalue weighted by atomic mass is 10.2. The average Bonchev–Trinajstić information content (AvgIpc) is 3.06. The highest BCUT2D eigenvalue weighted by atomic mass is 32.1. The van der Waals surface area contributed by atoms with Gasteiger partial charge < -0.3 is 10.1 Å². The fourth-order valence-electron chi connectivity index (χ4n) is 2.84. The average molecular weight is 379 g/mol. The molecule has 0 saturated carbocycles. The van der Waals surface area contributed by atoms with Crippen molar-refractivity contribution in [2.75, 3.05) is 6.61 Å². The minimum atomic E-state index is -0.291. The topological polar surface area (TPSA) is 72.7 Å². The van der Waals surface area contributed by atoms with E-state index in [1.807, 2.05) is 55.5 Å². The summed E-state index contributed by atoms with van der Waals surface area (Å²) in [6, 6.07) is 16.3. The number of nitrogens with one attached hydrogen (secondary N) is 1. The third-order valence-corrected chi connectivity index (χ3v) is 5.10. The summed E-state index contributed by atoms with van der Waals surface area (Å²) >= 11 is 1.20. The maximum absolute atomic E-state index is 12.5. The zero-order valence-corrected chi connectivity index (χ0v) is 15.5. The van der Waals surface area contributed by atoms with Gasteiger partial charge in [-0.25, -0.2) is 4.98 Å². The molecule has 1 amide bonds. The van der Waals surface area contributed by atoms with Crippen molar-refractivity contribution in [3.8, 4) is 5.75 Å². The largest absolute Gasteiger partial charge is 0.494 e. The monoisotopic (exact) mass is 379 g/mol. The first-order valence-electron chi connectivity index (χ1n) is 8.57. The molecule has 27 heavy (non-hydrogen) atoms. The zero-order valence-electron chi connectivity index (χ0n) is 14.6. The number of hydrogen-bond acceptors (Lipinski definition) is 5. The summed E-state index contributed by atoms with van der Waals surface area (Å²) in [5, 5.41) is 2.85. The number of carbonyl (C=O) groups is 1. The third-order valence-electron chi connectivity index (χ3n) is 4.12. The lowest BCUT2D eigenvalue weighted by molar-refractivity contribution is 0.0954. The van der Waals surface area contributed by atoms with E-state index in [1.165, 1.54) is 21.8 Å². The zero-order chi connectivity index (χ0) is 18.8. The van der Waals surface area contributed by atoms with Crippen molar-refractivity contribution >= 4 is 33.2 Å². The summed E-state index contributed by atoms with van der Waals surface area (Å²) in [6.45, 7) is 2.91. The van der Waals surface area contributed by atoms with Crippen LogP contribution in [0.15, 0.2) is 59.4 Å². The van der Waals surface area contributed by atoms with Gasteiger partial charge in [0.1, 0.15) is 10.6 Å². The Morgan fingerprint density at radius 2 is 1.96 bits per heavy atom. The first-order chi connectivity index (χ1) is 13.2. The van der Waals surface area contributed by atoms with E-state index in [0.29, 0.717) is 23.0 Å². The summed E-state index contributed by atoms with van der Waals surface area (Å²) in [5.41, 5.74) is 2.17. The van der Waals surface area contributed by atoms with Gasteiger partial charge in [-0.2, -0.15) is 0 Å². The second-order valence-electron chi connectivity index (χ2n) is 5.93. The Morgan fingerprint density at radius 3 is 2.74 bits per heavy atom. The van der Waals surface area contributed by atoms with Gasteiger partial charge in [0.05, 0.1) is 17.6 Å². The number of hydrogen-bond donors (Lipinski definition) is 1. The number of ether oxygens (including phenoxy) is 1. The van der Waals surface area contributed by atoms with Crippen molar-refractivity contribution in [2.24, 2.45) is 0 Å². The van der Waals surface area contributed by atoms with Gasteiger partial charge in [0.25, 0.3) is 11.5 Å². The van der Waals surface area contributed by atoms with E-state index in [0.717, 1.165) is 22.3 Å². The van der Waals surface area contributed by atoms with Crippen molar-refractivity contribution < 1.29 is 9.53 Å². The van der Waals surface area contributed by atoms with Gasteiger partial charge in [-0.05, 0) is 36.8 Å². The van der Waals surface area contributed by atoms with E-state index in [4.69, 9.17) is 4.74 Å². The molecular weight excluding hydrogens is 362 g/mol. The number of imidazole rings is 1. The van der Waals surface area contributed by atoms with E-state index in [1.54, 1.807) is 0 Å². The molecule has 7 heteroatoms. The standard InChI is InChI=1S/C20H17N3O3S/c1-2-26-14-9-7-13(8-10-14)12-21-19(25)17-11-18(24)23-16-6-4-3-5-15(16)22-20(23)27-17/h3-11H,2,12H2,1H3,(H,21,25). The van der Waals surface area contributed by atoms with Crippen LogP contribution in [0.1, 0.15) is 22.2 Å². The van der Waals surface area contributed by atoms with Crippen LogP contribution in [0.2, 0.25) is 0 Å². The second kappa shape index (κ2) is 7.20. The summed E-state index contributed by atoms with van der Waals surface area (Å²) in [5.74, 6) is 0.503. The molecule has 2 aromatic heterocycles. The molecule has 0 spiro atoms. The van der Waals surface area contributed by atoms with Crippen molar-refractivity contribution in [2.45, 2.75) is 13.5 Å². The first-order valence-corrected chi connectivity index (χ1v) is 9.38. The summed E-state index contributed by atoms with van der Waals surface area (Å²) in [4.78, 5) is 30.3. The van der Waals surface area contributed by atoms with E-state index in [2.05, 4.69) is 10.3 Å². The van der Waals surface area contributed by atoms with Crippen LogP contribution in [0, 0.1) is 0 Å². The molecule has 2 aromatic carbocycles. The molecule has 4 aromatic rings. The first kappa shape index (κ1) is 17.2. The van der Waals surface area contributed by atoms with Crippen LogP contribution in [0.3, 0.4) is 0 Å². The number of fused-ring (bicyclic) bond motifs is 3. The molecule has 6 nitrogen and oxygen atoms in total. The van der Waals surface area contributed by atoms with Crippen LogP contribution >= 0.6 is 11.3 Å². The molecule has 0 aliphatic heterocycles. The molecule has 0 unspecified atom stereocenters. The van der Waals surface area contributed by atoms with Crippen LogP contribution in [0.4, 0.5) is 0 Å². The van der Waals surface area contributed by atoms with Gasteiger partial charge in [0.15, 0.2) is 4.96 Å². The van der Waals surface area contributed by atoms with Crippen LogP contribution in [-0.4, -0.2) is 21.9 Å². The number of aromatic nitrogens is 2. The molecule has 0 atom stereocenters. The number of benzene rings is 2. The second-order valence-corrected chi connectivity index (χ2v) is 6.94. The highest BCUT2D eigenvalue weighted by Crippen LogP contribution is 2.19. The molecule has 0 saturated heterocycles. The quantitative estimate of drug-likeness (QED) is 0.578. The molecule has 2 heterocycles. The van der Waals surface area contributed by atoms with Gasteiger partial charge in [0, 0.05) is 12.6 Å². The molecule has 0 aliphatic carbocycles. The van der Waals surface area contributed by atoms with Crippen LogP contribution < -0.4 is 15.6 Å². The number of nitrogens with zero attached hydrogens (tertiary/aromatic N) is 2. The molecule has 136 valence electrons. The lowest BCUT2D eigenvalue weighted by Crippen LogP contribution is -2.24. The predicted molar refractivity (Wildman–Crippen MR) is 106 cm³/mol. The predicted octanol–water partition coefficient (Wildman–Crippen LogP) is 3.24. The van der Waals surface area contributed by atoms with E-state index >= 15 is 0 Å². The Bertz CT molecular complexity index is 1180. The smallest absolute Gasteiger partial charge is 0.261 e. The summed E-state index contributed by atoms with van der Waals surface area (Å²) in [7, 11) is 0. The molecule has 0 aliphatic rings. The molecule has 4 rings (SSSR count). The molecule has 0 radical (unpaired) electrons. The third kappa shape index (κ3) is 3.41. The molecule has 0 bridgehead atoms. The summed E-state index contributed by atoms with van der Waals surface area (Å²) < 4.78 is 6.94. The van der Waals surface area contributed by atoms with Crippen LogP contribution in [0.25, 0.3) is 16.0 Å². The minimum Gasteiger partial charge on any atom is -0.494 e. The van der Waals surface area contributed by atoms with Gasteiger partial charge in [-0.1, -0.05) is 35.6 Å². The molecule has 1 N–H and O–H groups in total. The Labute approximate surface area is 159 Å². The van der Waals surface area contributed by atoms with Crippen molar-refractivity contribution in [1.82, 2.24) is 14.7 Å². The fraction of sp³-hybridized carbons (Fsp3) is 0.150. The van der Waals surface area contributed by atoms with E-state index in [-0.39, 0.29) is 11.5 Å². The Kier molecular flexibility index (Phi) is 4.60.